The van der Waals surface area contributed by atoms with Crippen molar-refractivity contribution in [3.8, 4) is 5.75 Å². The van der Waals surface area contributed by atoms with Gasteiger partial charge in [-0.05, 0) is 43.4 Å². The maximum atomic E-state index is 6.29. The zero-order valence-electron chi connectivity index (χ0n) is 10.3. The third-order valence-corrected chi connectivity index (χ3v) is 4.46. The molecule has 1 aliphatic heterocycles. The van der Waals surface area contributed by atoms with Gasteiger partial charge in [-0.3, -0.25) is 0 Å². The van der Waals surface area contributed by atoms with Crippen molar-refractivity contribution >= 4 is 15.9 Å². The minimum Gasteiger partial charge on any atom is -0.490 e. The molecular weight excluding hydrogens is 290 g/mol. The summed E-state index contributed by atoms with van der Waals surface area (Å²) in [6.07, 6.45) is 9.28. The van der Waals surface area contributed by atoms with Gasteiger partial charge in [-0.25, -0.2) is 0 Å². The van der Waals surface area contributed by atoms with E-state index in [1.165, 1.54) is 12.8 Å². The Hall–Kier alpha value is -0.800. The normalized spacial score (nSPS) is 30.7. The van der Waals surface area contributed by atoms with Gasteiger partial charge in [0, 0.05) is 22.5 Å². The quantitative estimate of drug-likeness (QED) is 0.797. The molecule has 0 aromatic heterocycles. The van der Waals surface area contributed by atoms with Gasteiger partial charge in [0.1, 0.15) is 11.9 Å². The molecule has 0 radical (unpaired) electrons. The van der Waals surface area contributed by atoms with Crippen molar-refractivity contribution in [1.82, 2.24) is 0 Å². The number of nitrogens with two attached hydrogens (primary N) is 1. The van der Waals surface area contributed by atoms with Gasteiger partial charge < -0.3 is 10.5 Å². The predicted octanol–water partition coefficient (Wildman–Crippen LogP) is 3.96. The van der Waals surface area contributed by atoms with Crippen molar-refractivity contribution in [2.75, 3.05) is 0 Å². The molecule has 1 heterocycles. The largest absolute Gasteiger partial charge is 0.490 e. The second-order valence-electron chi connectivity index (χ2n) is 5.23. The van der Waals surface area contributed by atoms with Gasteiger partial charge in [0.15, 0.2) is 0 Å². The molecule has 0 saturated heterocycles. The summed E-state index contributed by atoms with van der Waals surface area (Å²) in [6.45, 7) is 0. The predicted molar refractivity (Wildman–Crippen MR) is 76.6 cm³/mol. The summed E-state index contributed by atoms with van der Waals surface area (Å²) in [5, 5.41) is 0. The van der Waals surface area contributed by atoms with E-state index in [1.807, 2.05) is 12.1 Å². The Kier molecular flexibility index (Phi) is 3.44. The Balaban J connectivity index is 1.82. The number of allylic oxidation sites excluding steroid dienone is 2. The molecule has 2 nitrogen and oxygen atoms in total. The van der Waals surface area contributed by atoms with E-state index in [9.17, 15) is 0 Å². The minimum atomic E-state index is 0.0992. The molecule has 3 heteroatoms. The summed E-state index contributed by atoms with van der Waals surface area (Å²) < 4.78 is 7.23. The molecule has 0 spiro atoms. The van der Waals surface area contributed by atoms with Gasteiger partial charge in [-0.15, -0.1) is 0 Å². The van der Waals surface area contributed by atoms with Crippen molar-refractivity contribution in [2.24, 2.45) is 11.7 Å². The summed E-state index contributed by atoms with van der Waals surface area (Å²) in [6, 6.07) is 6.23. The lowest BCUT2D eigenvalue weighted by Gasteiger charge is -2.35. The Morgan fingerprint density at radius 2 is 2.17 bits per heavy atom. The maximum Gasteiger partial charge on any atom is 0.124 e. The monoisotopic (exact) mass is 307 g/mol. The molecule has 3 atom stereocenters. The van der Waals surface area contributed by atoms with Crippen LogP contribution in [-0.4, -0.2) is 6.10 Å². The van der Waals surface area contributed by atoms with Crippen LogP contribution in [0.15, 0.2) is 34.8 Å². The van der Waals surface area contributed by atoms with Crippen molar-refractivity contribution in [3.63, 3.8) is 0 Å². The van der Waals surface area contributed by atoms with Crippen LogP contribution in [0.3, 0.4) is 0 Å². The number of halogens is 1. The topological polar surface area (TPSA) is 35.2 Å². The van der Waals surface area contributed by atoms with Crippen LogP contribution >= 0.6 is 15.9 Å². The molecule has 1 aromatic rings. The van der Waals surface area contributed by atoms with Crippen molar-refractivity contribution < 1.29 is 4.74 Å². The van der Waals surface area contributed by atoms with E-state index >= 15 is 0 Å². The van der Waals surface area contributed by atoms with Gasteiger partial charge in [0.25, 0.3) is 0 Å². The van der Waals surface area contributed by atoms with Crippen LogP contribution in [0, 0.1) is 5.92 Å². The highest BCUT2D eigenvalue weighted by atomic mass is 79.9. The number of hydrogen-bond donors (Lipinski definition) is 1. The number of hydrogen-bond acceptors (Lipinski definition) is 2. The molecule has 0 bridgehead atoms. The molecule has 0 amide bonds. The minimum absolute atomic E-state index is 0.0992. The lowest BCUT2D eigenvalue weighted by Crippen LogP contribution is -2.35. The zero-order valence-corrected chi connectivity index (χ0v) is 11.9. The first-order chi connectivity index (χ1) is 8.74. The second kappa shape index (κ2) is 5.06. The highest BCUT2D eigenvalue weighted by Gasteiger charge is 2.31. The van der Waals surface area contributed by atoms with Gasteiger partial charge >= 0.3 is 0 Å². The van der Waals surface area contributed by atoms with E-state index < -0.39 is 0 Å². The molecule has 96 valence electrons. The van der Waals surface area contributed by atoms with Gasteiger partial charge in [0.05, 0.1) is 0 Å². The fraction of sp³-hybridized carbons (Fsp3) is 0.467. The molecule has 3 rings (SSSR count). The van der Waals surface area contributed by atoms with Crippen molar-refractivity contribution in [2.45, 2.75) is 37.8 Å². The van der Waals surface area contributed by atoms with E-state index in [0.717, 1.165) is 28.6 Å². The molecule has 0 fully saturated rings. The maximum absolute atomic E-state index is 6.29. The number of benzene rings is 1. The second-order valence-corrected chi connectivity index (χ2v) is 6.14. The van der Waals surface area contributed by atoms with Crippen LogP contribution in [0.4, 0.5) is 0 Å². The lowest BCUT2D eigenvalue weighted by atomic mass is 9.84. The summed E-state index contributed by atoms with van der Waals surface area (Å²) >= 11 is 3.49. The third-order valence-electron chi connectivity index (χ3n) is 3.97. The van der Waals surface area contributed by atoms with E-state index in [4.69, 9.17) is 10.5 Å². The molecule has 0 saturated carbocycles. The Bertz CT molecular complexity index is 472. The Morgan fingerprint density at radius 3 is 2.94 bits per heavy atom. The van der Waals surface area contributed by atoms with Gasteiger partial charge in [0.2, 0.25) is 0 Å². The average Bonchev–Trinajstić information content (AvgIpc) is 2.40. The molecule has 1 aromatic carbocycles. The van der Waals surface area contributed by atoms with Crippen LogP contribution in [0.2, 0.25) is 0 Å². The standard InChI is InChI=1S/C15H18BrNO/c16-11-6-7-14-12(8-11)13(17)9-15(18-14)10-4-2-1-3-5-10/h1-2,6-8,10,13,15H,3-5,9,17H2/t10?,13-,15?/m1/s1. The summed E-state index contributed by atoms with van der Waals surface area (Å²) in [5.74, 6) is 1.59. The van der Waals surface area contributed by atoms with E-state index in [-0.39, 0.29) is 12.1 Å². The SMILES string of the molecule is N[C@@H]1CC(C2CC=CCC2)Oc2ccc(Br)cc21. The van der Waals surface area contributed by atoms with Crippen LogP contribution in [-0.2, 0) is 0 Å². The zero-order chi connectivity index (χ0) is 12.5. The first kappa shape index (κ1) is 12.2. The smallest absolute Gasteiger partial charge is 0.124 e. The highest BCUT2D eigenvalue weighted by molar-refractivity contribution is 9.10. The summed E-state index contributed by atoms with van der Waals surface area (Å²) in [7, 11) is 0. The summed E-state index contributed by atoms with van der Waals surface area (Å²) in [5.41, 5.74) is 7.42. The Labute approximate surface area is 116 Å². The van der Waals surface area contributed by atoms with E-state index in [1.54, 1.807) is 0 Å². The average molecular weight is 308 g/mol. The molecule has 2 N–H and O–H groups in total. The summed E-state index contributed by atoms with van der Waals surface area (Å²) in [4.78, 5) is 0. The van der Waals surface area contributed by atoms with Crippen molar-refractivity contribution in [1.29, 1.82) is 0 Å². The van der Waals surface area contributed by atoms with Gasteiger partial charge in [-0.1, -0.05) is 28.1 Å². The molecule has 2 aliphatic rings. The first-order valence-electron chi connectivity index (χ1n) is 6.61. The lowest BCUT2D eigenvalue weighted by molar-refractivity contribution is 0.0937. The number of rotatable bonds is 1. The number of ether oxygens (including phenoxy) is 1. The van der Waals surface area contributed by atoms with Crippen LogP contribution < -0.4 is 10.5 Å². The van der Waals surface area contributed by atoms with Gasteiger partial charge in [-0.2, -0.15) is 0 Å². The molecule has 2 unspecified atom stereocenters. The highest BCUT2D eigenvalue weighted by Crippen LogP contribution is 2.39. The first-order valence-corrected chi connectivity index (χ1v) is 7.40. The van der Waals surface area contributed by atoms with Crippen LogP contribution in [0.25, 0.3) is 0 Å². The molecule has 1 aliphatic carbocycles. The Morgan fingerprint density at radius 1 is 1.28 bits per heavy atom. The fourth-order valence-corrected chi connectivity index (χ4v) is 3.33. The van der Waals surface area contributed by atoms with E-state index in [2.05, 4.69) is 34.1 Å². The molecule has 18 heavy (non-hydrogen) atoms. The third kappa shape index (κ3) is 2.34. The fourth-order valence-electron chi connectivity index (χ4n) is 2.95. The van der Waals surface area contributed by atoms with Crippen LogP contribution in [0.1, 0.15) is 37.3 Å². The molecular formula is C15H18BrNO. The van der Waals surface area contributed by atoms with Crippen LogP contribution in [0.5, 0.6) is 5.75 Å². The number of fused-ring (bicyclic) bond motifs is 1. The van der Waals surface area contributed by atoms with E-state index in [0.29, 0.717) is 5.92 Å². The van der Waals surface area contributed by atoms with Crippen molar-refractivity contribution in [3.05, 3.63) is 40.4 Å².